The molecule has 1 unspecified atom stereocenters. The Labute approximate surface area is 147 Å². The van der Waals surface area contributed by atoms with Crippen molar-refractivity contribution >= 4 is 11.7 Å². The van der Waals surface area contributed by atoms with Crippen molar-refractivity contribution in [2.45, 2.75) is 26.7 Å². The average Bonchev–Trinajstić information content (AvgIpc) is 3.00. The first-order valence-electron chi connectivity index (χ1n) is 8.27. The normalized spacial score (nSPS) is 24.8. The van der Waals surface area contributed by atoms with Crippen molar-refractivity contribution < 1.29 is 14.3 Å². The van der Waals surface area contributed by atoms with Crippen LogP contribution in [0, 0.1) is 22.2 Å². The summed E-state index contributed by atoms with van der Waals surface area (Å²) in [5.74, 6) is 0.266. The lowest BCUT2D eigenvalue weighted by Gasteiger charge is -2.38. The van der Waals surface area contributed by atoms with Gasteiger partial charge in [-0.15, -0.1) is 0 Å². The molecule has 2 heterocycles. The number of rotatable bonds is 2. The van der Waals surface area contributed by atoms with Crippen molar-refractivity contribution in [3.63, 3.8) is 0 Å². The van der Waals surface area contributed by atoms with Crippen molar-refractivity contribution in [2.24, 2.45) is 10.8 Å². The van der Waals surface area contributed by atoms with E-state index in [1.807, 2.05) is 19.9 Å². The third-order valence-corrected chi connectivity index (χ3v) is 5.09. The molecular formula is C19H21N3O3. The molecule has 1 aliphatic carbocycles. The minimum absolute atomic E-state index is 0.0892. The molecular weight excluding hydrogens is 318 g/mol. The SMILES string of the molecule is COc1ccc(C(=O)N2CCC3(C=C(C#N)C(=O)C(C)(C)C3)C2)cn1. The number of carbonyl (C=O) groups excluding carboxylic acids is 2. The van der Waals surface area contributed by atoms with E-state index in [1.54, 1.807) is 23.1 Å². The van der Waals surface area contributed by atoms with Gasteiger partial charge in [0.15, 0.2) is 5.78 Å². The van der Waals surface area contributed by atoms with Crippen molar-refractivity contribution in [2.75, 3.05) is 20.2 Å². The number of hydrogen-bond donors (Lipinski definition) is 0. The Morgan fingerprint density at radius 1 is 1.40 bits per heavy atom. The van der Waals surface area contributed by atoms with Gasteiger partial charge in [-0.2, -0.15) is 5.26 Å². The van der Waals surface area contributed by atoms with Gasteiger partial charge in [-0.05, 0) is 18.9 Å². The number of amides is 1. The number of nitrogens with zero attached hydrogens (tertiary/aromatic N) is 3. The van der Waals surface area contributed by atoms with Crippen LogP contribution in [0.2, 0.25) is 0 Å². The molecule has 0 aromatic carbocycles. The zero-order valence-electron chi connectivity index (χ0n) is 14.7. The molecule has 1 fully saturated rings. The molecule has 2 aliphatic rings. The molecule has 1 aromatic rings. The van der Waals surface area contributed by atoms with Crippen molar-refractivity contribution in [1.82, 2.24) is 9.88 Å². The van der Waals surface area contributed by atoms with Gasteiger partial charge in [-0.1, -0.05) is 19.9 Å². The van der Waals surface area contributed by atoms with E-state index in [-0.39, 0.29) is 22.7 Å². The van der Waals surface area contributed by atoms with E-state index in [0.717, 1.165) is 6.42 Å². The molecule has 0 radical (unpaired) electrons. The Balaban J connectivity index is 1.83. The fourth-order valence-corrected chi connectivity index (χ4v) is 3.97. The zero-order valence-corrected chi connectivity index (χ0v) is 14.7. The molecule has 25 heavy (non-hydrogen) atoms. The highest BCUT2D eigenvalue weighted by Gasteiger charge is 2.48. The van der Waals surface area contributed by atoms with Gasteiger partial charge >= 0.3 is 0 Å². The number of methoxy groups -OCH3 is 1. The summed E-state index contributed by atoms with van der Waals surface area (Å²) in [7, 11) is 1.53. The first kappa shape index (κ1) is 17.2. The van der Waals surface area contributed by atoms with Crippen LogP contribution in [0.25, 0.3) is 0 Å². The van der Waals surface area contributed by atoms with E-state index in [9.17, 15) is 14.9 Å². The maximum absolute atomic E-state index is 12.7. The van der Waals surface area contributed by atoms with E-state index in [4.69, 9.17) is 4.74 Å². The number of aromatic nitrogens is 1. The molecule has 0 saturated carbocycles. The van der Waals surface area contributed by atoms with Gasteiger partial charge in [-0.25, -0.2) is 4.98 Å². The maximum Gasteiger partial charge on any atom is 0.255 e. The van der Waals surface area contributed by atoms with Gasteiger partial charge in [0.25, 0.3) is 5.91 Å². The van der Waals surface area contributed by atoms with Crippen LogP contribution in [-0.4, -0.2) is 41.8 Å². The second kappa shape index (κ2) is 5.99. The lowest BCUT2D eigenvalue weighted by atomic mass is 9.64. The highest BCUT2D eigenvalue weighted by Crippen LogP contribution is 2.48. The highest BCUT2D eigenvalue weighted by atomic mass is 16.5. The first-order chi connectivity index (χ1) is 11.8. The summed E-state index contributed by atoms with van der Waals surface area (Å²) < 4.78 is 5.02. The summed E-state index contributed by atoms with van der Waals surface area (Å²) in [6.45, 7) is 4.86. The number of Topliss-reactive ketones (excluding diaryl/α,β-unsaturated/α-hetero) is 1. The lowest BCUT2D eigenvalue weighted by Crippen LogP contribution is -2.40. The number of pyridine rings is 1. The van der Waals surface area contributed by atoms with Gasteiger partial charge in [0.1, 0.15) is 6.07 Å². The first-order valence-corrected chi connectivity index (χ1v) is 8.27. The van der Waals surface area contributed by atoms with Crippen LogP contribution in [0.15, 0.2) is 30.0 Å². The van der Waals surface area contributed by atoms with Crippen LogP contribution < -0.4 is 4.74 Å². The van der Waals surface area contributed by atoms with Gasteiger partial charge in [0.05, 0.1) is 18.2 Å². The maximum atomic E-state index is 12.7. The zero-order chi connectivity index (χ0) is 18.2. The van der Waals surface area contributed by atoms with Gasteiger partial charge in [0, 0.05) is 36.2 Å². The number of hydrogen-bond acceptors (Lipinski definition) is 5. The third kappa shape index (κ3) is 3.02. The van der Waals surface area contributed by atoms with Crippen LogP contribution in [0.5, 0.6) is 5.88 Å². The lowest BCUT2D eigenvalue weighted by molar-refractivity contribution is -0.125. The van der Waals surface area contributed by atoms with Crippen LogP contribution >= 0.6 is 0 Å². The fraction of sp³-hybridized carbons (Fsp3) is 0.474. The standard InChI is InChI=1S/C19H21N3O3/c1-18(2)11-19(8-14(9-20)16(18)23)6-7-22(12-19)17(24)13-4-5-15(25-3)21-10-13/h4-5,8,10H,6-7,11-12H2,1-3H3. The van der Waals surface area contributed by atoms with E-state index in [2.05, 4.69) is 4.98 Å². The molecule has 1 aliphatic heterocycles. The number of nitriles is 1. The quantitative estimate of drug-likeness (QED) is 0.826. The number of ketones is 1. The molecule has 1 amide bonds. The fourth-order valence-electron chi connectivity index (χ4n) is 3.97. The average molecular weight is 339 g/mol. The van der Waals surface area contributed by atoms with E-state index in [1.165, 1.54) is 13.3 Å². The Bertz CT molecular complexity index is 789. The molecule has 130 valence electrons. The Kier molecular flexibility index (Phi) is 4.11. The predicted octanol–water partition coefficient (Wildman–Crippen LogP) is 2.37. The summed E-state index contributed by atoms with van der Waals surface area (Å²) in [5.41, 5.74) is -0.163. The minimum atomic E-state index is -0.583. The number of allylic oxidation sites excluding steroid dienone is 1. The van der Waals surface area contributed by atoms with E-state index >= 15 is 0 Å². The largest absolute Gasteiger partial charge is 0.481 e. The van der Waals surface area contributed by atoms with Crippen molar-refractivity contribution in [3.8, 4) is 11.9 Å². The van der Waals surface area contributed by atoms with E-state index < -0.39 is 5.41 Å². The minimum Gasteiger partial charge on any atom is -0.481 e. The van der Waals surface area contributed by atoms with Crippen LogP contribution in [0.4, 0.5) is 0 Å². The summed E-state index contributed by atoms with van der Waals surface area (Å²) >= 11 is 0. The molecule has 1 aromatic heterocycles. The molecule has 0 N–H and O–H groups in total. The highest BCUT2D eigenvalue weighted by molar-refractivity contribution is 6.03. The van der Waals surface area contributed by atoms with E-state index in [0.29, 0.717) is 31.0 Å². The number of likely N-dealkylation sites (tertiary alicyclic amines) is 1. The summed E-state index contributed by atoms with van der Waals surface area (Å²) in [4.78, 5) is 30.9. The van der Waals surface area contributed by atoms with Gasteiger partial charge in [0.2, 0.25) is 5.88 Å². The predicted molar refractivity (Wildman–Crippen MR) is 90.8 cm³/mol. The molecule has 1 spiro atoms. The summed E-state index contributed by atoms with van der Waals surface area (Å²) in [5, 5.41) is 9.30. The Hall–Kier alpha value is -2.68. The summed E-state index contributed by atoms with van der Waals surface area (Å²) in [6, 6.07) is 5.39. The number of carbonyl (C=O) groups is 2. The molecule has 1 atom stereocenters. The smallest absolute Gasteiger partial charge is 0.255 e. The topological polar surface area (TPSA) is 83.3 Å². The van der Waals surface area contributed by atoms with Crippen LogP contribution in [0.3, 0.4) is 0 Å². The van der Waals surface area contributed by atoms with Crippen molar-refractivity contribution in [3.05, 3.63) is 35.5 Å². The summed E-state index contributed by atoms with van der Waals surface area (Å²) in [6.07, 6.45) is 4.70. The van der Waals surface area contributed by atoms with Crippen molar-refractivity contribution in [1.29, 1.82) is 5.26 Å². The van der Waals surface area contributed by atoms with Crippen LogP contribution in [0.1, 0.15) is 37.0 Å². The second-order valence-corrected chi connectivity index (χ2v) is 7.49. The molecule has 1 saturated heterocycles. The monoisotopic (exact) mass is 339 g/mol. The number of ether oxygens (including phenoxy) is 1. The Morgan fingerprint density at radius 3 is 2.76 bits per heavy atom. The van der Waals surface area contributed by atoms with Gasteiger partial charge < -0.3 is 9.64 Å². The molecule has 0 bridgehead atoms. The molecule has 6 nitrogen and oxygen atoms in total. The molecule has 6 heteroatoms. The Morgan fingerprint density at radius 2 is 2.16 bits per heavy atom. The third-order valence-electron chi connectivity index (χ3n) is 5.09. The van der Waals surface area contributed by atoms with Crippen LogP contribution in [-0.2, 0) is 4.79 Å². The van der Waals surface area contributed by atoms with Gasteiger partial charge in [-0.3, -0.25) is 9.59 Å². The second-order valence-electron chi connectivity index (χ2n) is 7.49. The molecule has 3 rings (SSSR count).